The van der Waals surface area contributed by atoms with Crippen molar-refractivity contribution < 1.29 is 33.4 Å². The lowest BCUT2D eigenvalue weighted by Crippen LogP contribution is -2.50. The number of carbonyl (C=O) groups excluding carboxylic acids is 4. The fraction of sp³-hybridized carbons (Fsp3) is 0.655. The summed E-state index contributed by atoms with van der Waals surface area (Å²) in [5.41, 5.74) is 1.16. The van der Waals surface area contributed by atoms with Crippen LogP contribution in [0.1, 0.15) is 72.6 Å². The molecule has 7 nitrogen and oxygen atoms in total. The van der Waals surface area contributed by atoms with E-state index in [1.54, 1.807) is 6.08 Å². The molecule has 0 heterocycles. The Balaban J connectivity index is 1.40. The first kappa shape index (κ1) is 26.4. The van der Waals surface area contributed by atoms with Gasteiger partial charge in [-0.3, -0.25) is 14.4 Å². The van der Waals surface area contributed by atoms with E-state index in [4.69, 9.17) is 14.2 Å². The van der Waals surface area contributed by atoms with E-state index in [2.05, 4.69) is 19.9 Å². The van der Waals surface area contributed by atoms with Crippen LogP contribution in [0.2, 0.25) is 0 Å². The van der Waals surface area contributed by atoms with Crippen LogP contribution >= 0.6 is 0 Å². The maximum absolute atomic E-state index is 12.8. The van der Waals surface area contributed by atoms with E-state index in [1.807, 2.05) is 6.08 Å². The molecule has 0 aliphatic heterocycles. The van der Waals surface area contributed by atoms with Crippen molar-refractivity contribution in [2.45, 2.75) is 84.8 Å². The maximum Gasteiger partial charge on any atom is 0.330 e. The minimum absolute atomic E-state index is 0.0481. The second-order valence-corrected chi connectivity index (χ2v) is 11.3. The van der Waals surface area contributed by atoms with Gasteiger partial charge in [-0.2, -0.15) is 0 Å². The smallest absolute Gasteiger partial charge is 0.330 e. The fourth-order valence-electron chi connectivity index (χ4n) is 7.43. The number of hydrogen-bond acceptors (Lipinski definition) is 7. The Kier molecular flexibility index (Phi) is 7.58. The molecular formula is C29H38O7. The number of ether oxygens (including phenoxy) is 3. The van der Waals surface area contributed by atoms with Gasteiger partial charge in [0.25, 0.3) is 0 Å². The molecule has 0 amide bonds. The minimum Gasteiger partial charge on any atom is -0.466 e. The Labute approximate surface area is 213 Å². The van der Waals surface area contributed by atoms with Gasteiger partial charge in [0.1, 0.15) is 12.2 Å². The summed E-state index contributed by atoms with van der Waals surface area (Å²) in [4.78, 5) is 47.1. The summed E-state index contributed by atoms with van der Waals surface area (Å²) in [5.74, 6) is 0.326. The van der Waals surface area contributed by atoms with Gasteiger partial charge >= 0.3 is 17.9 Å². The highest BCUT2D eigenvalue weighted by atomic mass is 16.6. The first-order valence-corrected chi connectivity index (χ1v) is 13.2. The average molecular weight is 499 g/mol. The van der Waals surface area contributed by atoms with Gasteiger partial charge in [0.2, 0.25) is 0 Å². The summed E-state index contributed by atoms with van der Waals surface area (Å²) in [5, 5.41) is 0. The van der Waals surface area contributed by atoms with Crippen molar-refractivity contribution in [1.82, 2.24) is 0 Å². The zero-order chi connectivity index (χ0) is 26.1. The molecule has 0 saturated heterocycles. The molecule has 4 aliphatic rings. The second-order valence-electron chi connectivity index (χ2n) is 11.3. The van der Waals surface area contributed by atoms with E-state index in [0.717, 1.165) is 38.5 Å². The summed E-state index contributed by atoms with van der Waals surface area (Å²) in [7, 11) is 0. The van der Waals surface area contributed by atoms with Crippen LogP contribution in [-0.2, 0) is 33.4 Å². The van der Waals surface area contributed by atoms with Crippen molar-refractivity contribution in [3.05, 3.63) is 36.0 Å². The Morgan fingerprint density at radius 2 is 1.86 bits per heavy atom. The predicted octanol–water partition coefficient (Wildman–Crippen LogP) is 4.65. The van der Waals surface area contributed by atoms with Crippen LogP contribution < -0.4 is 0 Å². The lowest BCUT2D eigenvalue weighted by Gasteiger charge is -2.56. The van der Waals surface area contributed by atoms with Crippen LogP contribution in [0.5, 0.6) is 0 Å². The minimum atomic E-state index is -0.669. The molecule has 4 aliphatic carbocycles. The topological polar surface area (TPSA) is 96.0 Å². The van der Waals surface area contributed by atoms with Gasteiger partial charge in [-0.1, -0.05) is 25.5 Å². The Morgan fingerprint density at radius 1 is 1.08 bits per heavy atom. The lowest BCUT2D eigenvalue weighted by atomic mass is 9.48. The molecule has 0 bridgehead atoms. The highest BCUT2D eigenvalue weighted by Crippen LogP contribution is 2.64. The van der Waals surface area contributed by atoms with Crippen LogP contribution in [0.25, 0.3) is 0 Å². The molecule has 0 aromatic heterocycles. The highest BCUT2D eigenvalue weighted by molar-refractivity contribution is 6.01. The molecule has 7 heteroatoms. The van der Waals surface area contributed by atoms with Gasteiger partial charge < -0.3 is 14.2 Å². The molecule has 0 aromatic rings. The quantitative estimate of drug-likeness (QED) is 0.286. The first-order chi connectivity index (χ1) is 17.0. The zero-order valence-electron chi connectivity index (χ0n) is 21.8. The number of fused-ring (bicyclic) bond motifs is 5. The third-order valence-electron chi connectivity index (χ3n) is 9.20. The second kappa shape index (κ2) is 10.3. The van der Waals surface area contributed by atoms with E-state index in [-0.39, 0.29) is 35.7 Å². The average Bonchev–Trinajstić information content (AvgIpc) is 3.13. The lowest BCUT2D eigenvalue weighted by molar-refractivity contribution is -0.154. The van der Waals surface area contributed by atoms with E-state index in [9.17, 15) is 19.2 Å². The molecule has 0 spiro atoms. The van der Waals surface area contributed by atoms with Crippen molar-refractivity contribution in [2.24, 2.45) is 28.6 Å². The van der Waals surface area contributed by atoms with E-state index < -0.39 is 24.0 Å². The van der Waals surface area contributed by atoms with Crippen LogP contribution in [0.3, 0.4) is 0 Å². The molecular weight excluding hydrogens is 460 g/mol. The van der Waals surface area contributed by atoms with E-state index in [1.165, 1.54) is 31.6 Å². The molecule has 7 atom stereocenters. The van der Waals surface area contributed by atoms with Crippen molar-refractivity contribution >= 4 is 23.7 Å². The Morgan fingerprint density at radius 3 is 2.58 bits per heavy atom. The van der Waals surface area contributed by atoms with Crippen molar-refractivity contribution in [3.8, 4) is 0 Å². The van der Waals surface area contributed by atoms with Crippen molar-refractivity contribution in [2.75, 3.05) is 6.61 Å². The van der Waals surface area contributed by atoms with Gasteiger partial charge in [0, 0.05) is 37.2 Å². The molecule has 7 unspecified atom stereocenters. The maximum atomic E-state index is 12.8. The van der Waals surface area contributed by atoms with Crippen LogP contribution in [-0.4, -0.2) is 42.5 Å². The summed E-state index contributed by atoms with van der Waals surface area (Å²) < 4.78 is 16.1. The van der Waals surface area contributed by atoms with Gasteiger partial charge in [-0.15, -0.1) is 0 Å². The van der Waals surface area contributed by atoms with E-state index >= 15 is 0 Å². The van der Waals surface area contributed by atoms with Gasteiger partial charge in [-0.25, -0.2) is 4.79 Å². The van der Waals surface area contributed by atoms with Crippen LogP contribution in [0, 0.1) is 28.6 Å². The zero-order valence-corrected chi connectivity index (χ0v) is 21.8. The van der Waals surface area contributed by atoms with Crippen LogP contribution in [0.4, 0.5) is 0 Å². The van der Waals surface area contributed by atoms with Gasteiger partial charge in [0.15, 0.2) is 5.78 Å². The molecule has 3 fully saturated rings. The summed E-state index contributed by atoms with van der Waals surface area (Å²) in [6.07, 6.45) is 14.0. The number of allylic oxidation sites excluding steroid dienone is 4. The van der Waals surface area contributed by atoms with Crippen molar-refractivity contribution in [3.63, 3.8) is 0 Å². The third kappa shape index (κ3) is 5.21. The SMILES string of the molecule is CC(=O)OCCC(/C=C/C(=O)OC1CCC2C3CCC4=CC(=O)C=CC4(C)C3CCC12C)OC(C)=O. The summed E-state index contributed by atoms with van der Waals surface area (Å²) >= 11 is 0. The van der Waals surface area contributed by atoms with Crippen molar-refractivity contribution in [1.29, 1.82) is 0 Å². The summed E-state index contributed by atoms with van der Waals surface area (Å²) in [6, 6.07) is 0. The molecule has 36 heavy (non-hydrogen) atoms. The molecule has 3 saturated carbocycles. The number of rotatable bonds is 7. The van der Waals surface area contributed by atoms with Gasteiger partial charge in [0.05, 0.1) is 6.61 Å². The Bertz CT molecular complexity index is 1010. The molecule has 4 rings (SSSR count). The molecule has 196 valence electrons. The summed E-state index contributed by atoms with van der Waals surface area (Å²) in [6.45, 7) is 7.27. The molecule has 0 N–H and O–H groups in total. The standard InChI is InChI=1S/C29H38O7/c1-18(30)34-16-13-22(35-19(2)31)6-10-27(33)36-26-9-8-24-23-7-5-20-17-21(32)11-14-28(20,3)25(23)12-15-29(24,26)4/h6,10-11,14,17,22-26H,5,7-9,12-13,15-16H2,1-4H3/b10-6+. The third-order valence-corrected chi connectivity index (χ3v) is 9.20. The highest BCUT2D eigenvalue weighted by Gasteiger charge is 2.59. The van der Waals surface area contributed by atoms with Gasteiger partial charge in [-0.05, 0) is 74.5 Å². The van der Waals surface area contributed by atoms with E-state index in [0.29, 0.717) is 17.8 Å². The fourth-order valence-corrected chi connectivity index (χ4v) is 7.43. The first-order valence-electron chi connectivity index (χ1n) is 13.2. The molecule has 0 aromatic carbocycles. The Hall–Kier alpha value is -2.70. The number of hydrogen-bond donors (Lipinski definition) is 0. The van der Waals surface area contributed by atoms with Crippen LogP contribution in [0.15, 0.2) is 36.0 Å². The largest absolute Gasteiger partial charge is 0.466 e. The number of esters is 3. The normalized spacial score (nSPS) is 35.8. The monoisotopic (exact) mass is 498 g/mol. The predicted molar refractivity (Wildman–Crippen MR) is 132 cm³/mol. The number of carbonyl (C=O) groups is 4. The number of ketones is 1. The molecule has 0 radical (unpaired) electrons.